The van der Waals surface area contributed by atoms with E-state index in [1.165, 1.54) is 51.1 Å². The summed E-state index contributed by atoms with van der Waals surface area (Å²) in [6.45, 7) is 0. The van der Waals surface area contributed by atoms with E-state index in [-0.39, 0.29) is 0 Å². The van der Waals surface area contributed by atoms with Crippen molar-refractivity contribution < 1.29 is 4.42 Å². The van der Waals surface area contributed by atoms with Gasteiger partial charge in [0.2, 0.25) is 0 Å². The van der Waals surface area contributed by atoms with Gasteiger partial charge in [-0.3, -0.25) is 0 Å². The standard InChI is InChI=1S/C37H25NO.S105/c1-3-12-25(13-4-1)37(26-14-5-2-6-15-26)31-18-9-7-16-28(31)29-23-22-27(24-32(29)37)38-33-19-11-21-35-36(33)30-17-8-10-20-34(30)39-35;1-3-5-7-9-11-13-15-17-19-21-23-25-27-29-31-33-35-37-39-41-43-45-47-49-51-53-55-57-59-61-63-65-67-69-71-73-75-77-79-81-83-85-87-89-91-93-95-97-99-101-103-105-104-102-100-98-96-94-92-90-88-86-84-82-80-78-76-74-72-70-68-66-64-62-60-58-56-54-52-50-48-46-44-42-40-38-36-34-32-30-28-26-24-22-20-18-16-14-12-10-8-6-4-2/h1-24,38H;. The molecule has 1 N–H and O–H groups in total. The number of fused-ring (bicyclic) bond motifs is 6. The summed E-state index contributed by atoms with van der Waals surface area (Å²) in [7, 11) is 187. The molecule has 0 saturated carbocycles. The molecule has 1 heterocycles. The molecule has 7 aromatic rings. The van der Waals surface area contributed by atoms with Crippen molar-refractivity contribution in [2.45, 2.75) is 5.41 Å². The van der Waals surface area contributed by atoms with Gasteiger partial charge in [0.15, 0.2) is 0 Å². The van der Waals surface area contributed by atoms with Gasteiger partial charge in [-0.05, 0) is 63.7 Å². The number of rotatable bonds is 4. The van der Waals surface area contributed by atoms with Crippen LogP contribution in [0.1, 0.15) is 22.3 Å². The normalized spacial score (nSPS) is 9.36. The van der Waals surface area contributed by atoms with Crippen LogP contribution in [-0.4, -0.2) is 0 Å². The highest BCUT2D eigenvalue weighted by atomic mass is 33.6. The Morgan fingerprint density at radius 2 is 0.361 bits per heavy atom. The van der Waals surface area contributed by atoms with Crippen LogP contribution in [0, 0.1) is 0 Å². The van der Waals surface area contributed by atoms with Crippen LogP contribution in [0.3, 0.4) is 0 Å². The number of hydrogen-bond donors (Lipinski definition) is 1. The van der Waals surface area contributed by atoms with Gasteiger partial charge in [0.05, 0.1) is 16.5 Å². The number of furan rings is 1. The van der Waals surface area contributed by atoms with E-state index in [2.05, 4.69) is 133 Å². The summed E-state index contributed by atoms with van der Waals surface area (Å²) < 4.78 is 6.16. The van der Waals surface area contributed by atoms with Gasteiger partial charge in [0.1, 0.15) is 11.2 Å². The molecule has 0 radical (unpaired) electrons. The Hall–Kier alpha value is 18.0. The maximum Gasteiger partial charge on any atom is 0.137 e. The first-order valence-corrected chi connectivity index (χ1v) is 169. The third-order valence-electron chi connectivity index (χ3n) is 11.0. The number of para-hydroxylation sites is 1. The van der Waals surface area contributed by atoms with E-state index >= 15 is 0 Å². The smallest absolute Gasteiger partial charge is 0.137 e. The Bertz CT molecular complexity index is 11000. The predicted octanol–water partition coefficient (Wildman–Crippen LogP) is 9.44. The van der Waals surface area contributed by atoms with E-state index in [0.29, 0.717) is 0 Å². The topological polar surface area (TPSA) is 25.2 Å². The first-order chi connectivity index (χ1) is 71.8. The highest BCUT2D eigenvalue weighted by Crippen LogP contribution is 2.56. The average molecular weight is 3870 g/mol. The lowest BCUT2D eigenvalue weighted by molar-refractivity contribution is 0.669. The van der Waals surface area contributed by atoms with Crippen molar-refractivity contribution >= 4 is 970 Å². The minimum atomic E-state index is -0.416. The average Bonchev–Trinajstić information content (AvgIpc) is 1.54. The monoisotopic (exact) mass is 3860 g/mol. The molecule has 107 heteroatoms. The minimum Gasteiger partial charge on any atom is -0.456 e. The van der Waals surface area contributed by atoms with Gasteiger partial charge in [-0.2, -0.15) is 0 Å². The van der Waals surface area contributed by atoms with Crippen molar-refractivity contribution in [3.05, 3.63) is 168 Å². The van der Waals surface area contributed by atoms with E-state index in [0.717, 1.165) is 33.3 Å². The molecule has 1 aliphatic rings. The Labute approximate surface area is 1130 Å². The van der Waals surface area contributed by atoms with E-state index in [1.807, 2.05) is 809 Å². The van der Waals surface area contributed by atoms with Crippen molar-refractivity contribution in [3.8, 4) is 11.1 Å². The van der Waals surface area contributed by atoms with E-state index < -0.39 is 5.41 Å². The zero-order valence-corrected chi connectivity index (χ0v) is 150. The van der Waals surface area contributed by atoms with Crippen LogP contribution >= 0.6 is 0 Å². The summed E-state index contributed by atoms with van der Waals surface area (Å²) >= 11 is 9.66. The molecule has 6 aromatic carbocycles. The molecule has 0 aliphatic heterocycles. The van der Waals surface area contributed by atoms with E-state index in [9.17, 15) is 0 Å². The van der Waals surface area contributed by atoms with Crippen molar-refractivity contribution in [1.29, 1.82) is 0 Å². The summed E-state index contributed by atoms with van der Waals surface area (Å²) in [5.74, 6) is 0. The summed E-state index contributed by atoms with van der Waals surface area (Å²) in [4.78, 5) is 0. The molecule has 0 atom stereocenters. The third-order valence-corrected chi connectivity index (χ3v) is 238. The third kappa shape index (κ3) is 79.9. The zero-order chi connectivity index (χ0) is 101. The van der Waals surface area contributed by atoms with Crippen LogP contribution in [0.5, 0.6) is 0 Å². The van der Waals surface area contributed by atoms with Crippen LogP contribution in [0.4, 0.5) is 11.4 Å². The van der Waals surface area contributed by atoms with Gasteiger partial charge in [-0.15, -0.1) is 0 Å². The van der Waals surface area contributed by atoms with Crippen molar-refractivity contribution in [2.75, 3.05) is 5.32 Å². The molecule has 1 aliphatic carbocycles. The fourth-order valence-corrected chi connectivity index (χ4v) is 285. The summed E-state index contributed by atoms with van der Waals surface area (Å²) in [5, 5.41) is 5.99. The van der Waals surface area contributed by atoms with Gasteiger partial charge in [-0.25, -0.2) is 0 Å². The lowest BCUT2D eigenvalue weighted by Gasteiger charge is -2.34. The first kappa shape index (κ1) is 149. The number of benzene rings is 6. The second kappa shape index (κ2) is 115. The van der Waals surface area contributed by atoms with Gasteiger partial charge in [0.25, 0.3) is 0 Å². The highest BCUT2D eigenvalue weighted by Gasteiger charge is 2.46. The second-order valence-corrected chi connectivity index (χ2v) is 199. The molecule has 0 saturated heterocycles. The Balaban J connectivity index is 0.000000582. The lowest BCUT2D eigenvalue weighted by atomic mass is 9.67. The van der Waals surface area contributed by atoms with E-state index in [1.54, 1.807) is 107 Å². The number of anilines is 2. The minimum absolute atomic E-state index is 0.416. The Morgan fingerprint density at radius 3 is 0.597 bits per heavy atom. The highest BCUT2D eigenvalue weighted by molar-refractivity contribution is 8.88. The molecular weight excluding hydrogens is 3840 g/mol. The van der Waals surface area contributed by atoms with Crippen LogP contribution in [0.25, 0.3) is 33.1 Å². The fourth-order valence-electron chi connectivity index (χ4n) is 7.70. The maximum absolute atomic E-state index is 6.16. The van der Waals surface area contributed by atoms with Crippen molar-refractivity contribution in [1.82, 2.24) is 0 Å². The van der Waals surface area contributed by atoms with Gasteiger partial charge < -0.3 is 9.73 Å². The fraction of sp³-hybridized carbons (Fsp3) is 0.0270. The quantitative estimate of drug-likeness (QED) is 0.190. The lowest BCUT2D eigenvalue weighted by Crippen LogP contribution is -2.28. The first-order valence-electron chi connectivity index (χ1n) is 30.7. The molecule has 0 bridgehead atoms. The SMILES string of the molecule is S=S=S=S=S=S=S=S=S=S=S=S=S=S=S=S=S=S=S=S=S=S=S=S=S=S=S=S=S=S=S=S=S=S=S=S=S=S=S=S=S=S=S=S=S=S=S=S=S=S=S=S=S=S=S=S=S=S=S=S=S=S=S=S=S=S=S=S=S=S=S=S=S=S=S=S=S=S=S=S=S=S=S=S=S=S=S=S=S=S=S=S=S=S=S=S=S=S=S=S=S=S=S=S=S.c1ccc(C2(c3ccccc3)c3ccccc3-c3ccc(Nc4cccc5oc6ccccc6c45)cc32)cc1. The maximum atomic E-state index is 6.16. The van der Waals surface area contributed by atoms with Crippen LogP contribution in [-0.2, 0) is 942 Å². The van der Waals surface area contributed by atoms with Gasteiger partial charge in [0, 0.05) is 948 Å². The zero-order valence-electron chi connectivity index (χ0n) is 64.1. The Morgan fingerprint density at radius 1 is 0.167 bits per heavy atom. The molecule has 0 fully saturated rings. The van der Waals surface area contributed by atoms with Crippen LogP contribution in [0.15, 0.2) is 150 Å². The molecule has 0 unspecified atom stereocenters. The number of hydrogen-bond acceptors (Lipinski definition) is 4. The molecule has 1 aromatic heterocycles. The predicted molar refractivity (Wildman–Crippen MR) is 934 cm³/mol. The van der Waals surface area contributed by atoms with Gasteiger partial charge >= 0.3 is 0 Å². The molecule has 2 nitrogen and oxygen atoms in total. The summed E-state index contributed by atoms with van der Waals surface area (Å²) in [6, 6.07) is 51.9. The van der Waals surface area contributed by atoms with Crippen molar-refractivity contribution in [3.63, 3.8) is 0 Å². The number of nitrogens with one attached hydrogen (secondary N) is 1. The molecule has 814 valence electrons. The van der Waals surface area contributed by atoms with Crippen LogP contribution in [0.2, 0.25) is 0 Å². The summed E-state index contributed by atoms with van der Waals surface area (Å²) in [5.41, 5.74) is 11.2. The molecule has 0 amide bonds. The molecular formula is C37H25NOS105. The largest absolute Gasteiger partial charge is 0.456 e. The molecule has 0 spiro atoms. The van der Waals surface area contributed by atoms with Crippen molar-refractivity contribution in [2.24, 2.45) is 0 Å². The Kier molecular flexibility index (Phi) is 119. The molecule has 8 rings (SSSR count). The van der Waals surface area contributed by atoms with E-state index in [4.69, 9.17) is 26.8 Å². The second-order valence-electron chi connectivity index (χ2n) is 17.2. The van der Waals surface area contributed by atoms with Crippen LogP contribution < -0.4 is 5.32 Å². The van der Waals surface area contributed by atoms with Gasteiger partial charge in [-0.1, -0.05) is 115 Å². The summed E-state index contributed by atoms with van der Waals surface area (Å²) in [6.07, 6.45) is 0. The molecule has 144 heavy (non-hydrogen) atoms.